The largest absolute Gasteiger partial charge is 0.378 e. The van der Waals surface area contributed by atoms with Gasteiger partial charge in [-0.25, -0.2) is 4.98 Å². The van der Waals surface area contributed by atoms with E-state index in [0.29, 0.717) is 25.3 Å². The second kappa shape index (κ2) is 9.03. The molecule has 8 heteroatoms. The Bertz CT molecular complexity index is 584. The fourth-order valence-corrected chi connectivity index (χ4v) is 3.89. The van der Waals surface area contributed by atoms with E-state index < -0.39 is 0 Å². The molecule has 1 aromatic heterocycles. The van der Waals surface area contributed by atoms with E-state index >= 15 is 0 Å². The molecule has 2 bridgehead atoms. The minimum absolute atomic E-state index is 0. The third-order valence-electron chi connectivity index (χ3n) is 5.14. The SMILES string of the molecule is Cl.Cl.O=C(c1cccnc1N1CCOCC1)N1CCC2CCC(C1)N2. The molecule has 25 heavy (non-hydrogen) atoms. The topological polar surface area (TPSA) is 57.7 Å². The summed E-state index contributed by atoms with van der Waals surface area (Å²) < 4.78 is 5.41. The first-order chi connectivity index (χ1) is 11.3. The number of morpholine rings is 1. The molecule has 3 aliphatic heterocycles. The number of aromatic nitrogens is 1. The van der Waals surface area contributed by atoms with Crippen molar-refractivity contribution in [3.63, 3.8) is 0 Å². The summed E-state index contributed by atoms with van der Waals surface area (Å²) in [6.07, 6.45) is 5.25. The third-order valence-corrected chi connectivity index (χ3v) is 5.14. The number of amides is 1. The zero-order valence-corrected chi connectivity index (χ0v) is 15.9. The van der Waals surface area contributed by atoms with Crippen LogP contribution in [0.15, 0.2) is 18.3 Å². The van der Waals surface area contributed by atoms with Gasteiger partial charge >= 0.3 is 0 Å². The Balaban J connectivity index is 0.00000113. The van der Waals surface area contributed by atoms with Gasteiger partial charge < -0.3 is 19.9 Å². The summed E-state index contributed by atoms with van der Waals surface area (Å²) in [6, 6.07) is 4.82. The number of halogens is 2. The Labute approximate surface area is 161 Å². The second-order valence-corrected chi connectivity index (χ2v) is 6.65. The summed E-state index contributed by atoms with van der Waals surface area (Å²) in [5, 5.41) is 3.63. The number of nitrogens with zero attached hydrogens (tertiary/aromatic N) is 3. The minimum atomic E-state index is 0. The van der Waals surface area contributed by atoms with Crippen LogP contribution < -0.4 is 10.2 Å². The first-order valence-electron chi connectivity index (χ1n) is 8.64. The van der Waals surface area contributed by atoms with Gasteiger partial charge in [0.2, 0.25) is 0 Å². The van der Waals surface area contributed by atoms with Crippen molar-refractivity contribution in [2.75, 3.05) is 44.3 Å². The molecule has 2 atom stereocenters. The molecule has 4 heterocycles. The molecular weight excluding hydrogens is 363 g/mol. The Hall–Kier alpha value is -1.08. The fourth-order valence-electron chi connectivity index (χ4n) is 3.89. The van der Waals surface area contributed by atoms with Crippen molar-refractivity contribution in [3.05, 3.63) is 23.9 Å². The van der Waals surface area contributed by atoms with Gasteiger partial charge in [-0.3, -0.25) is 4.79 Å². The molecular formula is C17H26Cl2N4O2. The van der Waals surface area contributed by atoms with Gasteiger partial charge in [-0.1, -0.05) is 0 Å². The van der Waals surface area contributed by atoms with Gasteiger partial charge in [0.15, 0.2) is 0 Å². The number of carbonyl (C=O) groups is 1. The maximum atomic E-state index is 13.1. The van der Waals surface area contributed by atoms with Gasteiger partial charge in [-0.2, -0.15) is 0 Å². The van der Waals surface area contributed by atoms with Gasteiger partial charge in [0, 0.05) is 44.5 Å². The van der Waals surface area contributed by atoms with E-state index in [1.807, 2.05) is 17.0 Å². The molecule has 2 unspecified atom stereocenters. The summed E-state index contributed by atoms with van der Waals surface area (Å²) in [5.74, 6) is 0.928. The summed E-state index contributed by atoms with van der Waals surface area (Å²) in [6.45, 7) is 4.63. The lowest BCUT2D eigenvalue weighted by molar-refractivity contribution is 0.0747. The lowest BCUT2D eigenvalue weighted by atomic mass is 10.1. The van der Waals surface area contributed by atoms with Crippen molar-refractivity contribution in [1.29, 1.82) is 0 Å². The number of hydrogen-bond donors (Lipinski definition) is 1. The highest BCUT2D eigenvalue weighted by molar-refractivity contribution is 5.99. The van der Waals surface area contributed by atoms with Crippen molar-refractivity contribution in [3.8, 4) is 0 Å². The summed E-state index contributed by atoms with van der Waals surface area (Å²) >= 11 is 0. The molecule has 0 spiro atoms. The first-order valence-corrected chi connectivity index (χ1v) is 8.64. The number of carbonyl (C=O) groups excluding carboxylic acids is 1. The van der Waals surface area contributed by atoms with Crippen LogP contribution in [0.2, 0.25) is 0 Å². The van der Waals surface area contributed by atoms with E-state index in [4.69, 9.17) is 4.74 Å². The number of likely N-dealkylation sites (tertiary alicyclic amines) is 1. The average Bonchev–Trinajstić information content (AvgIpc) is 2.94. The van der Waals surface area contributed by atoms with E-state index in [-0.39, 0.29) is 30.7 Å². The Kier molecular flexibility index (Phi) is 7.31. The van der Waals surface area contributed by atoms with E-state index in [1.165, 1.54) is 12.8 Å². The molecule has 0 aromatic carbocycles. The summed E-state index contributed by atoms with van der Waals surface area (Å²) in [5.41, 5.74) is 0.729. The van der Waals surface area contributed by atoms with Crippen molar-refractivity contribution in [2.24, 2.45) is 0 Å². The predicted octanol–water partition coefficient (Wildman–Crippen LogP) is 1.73. The van der Waals surface area contributed by atoms with Crippen LogP contribution in [0.5, 0.6) is 0 Å². The van der Waals surface area contributed by atoms with Crippen LogP contribution in [0.25, 0.3) is 0 Å². The van der Waals surface area contributed by atoms with Crippen molar-refractivity contribution < 1.29 is 9.53 Å². The molecule has 0 radical (unpaired) electrons. The van der Waals surface area contributed by atoms with Crippen LogP contribution in [0.1, 0.15) is 29.6 Å². The molecule has 1 N–H and O–H groups in total. The number of rotatable bonds is 2. The number of pyridine rings is 1. The fraction of sp³-hybridized carbons (Fsp3) is 0.647. The number of hydrogen-bond acceptors (Lipinski definition) is 5. The first kappa shape index (κ1) is 20.2. The van der Waals surface area contributed by atoms with E-state index in [0.717, 1.165) is 44.0 Å². The van der Waals surface area contributed by atoms with Gasteiger partial charge in [0.25, 0.3) is 5.91 Å². The van der Waals surface area contributed by atoms with Gasteiger partial charge in [0.05, 0.1) is 18.8 Å². The normalized spacial score (nSPS) is 25.6. The lowest BCUT2D eigenvalue weighted by Crippen LogP contribution is -2.41. The number of fused-ring (bicyclic) bond motifs is 2. The highest BCUT2D eigenvalue weighted by atomic mass is 35.5. The highest BCUT2D eigenvalue weighted by Gasteiger charge is 2.32. The Morgan fingerprint density at radius 3 is 2.68 bits per heavy atom. The van der Waals surface area contributed by atoms with Crippen LogP contribution in [-0.4, -0.2) is 67.3 Å². The highest BCUT2D eigenvalue weighted by Crippen LogP contribution is 2.24. The molecule has 4 rings (SSSR count). The van der Waals surface area contributed by atoms with E-state index in [1.54, 1.807) is 6.20 Å². The molecule has 3 fully saturated rings. The quantitative estimate of drug-likeness (QED) is 0.835. The molecule has 0 saturated carbocycles. The van der Waals surface area contributed by atoms with Crippen LogP contribution in [0, 0.1) is 0 Å². The lowest BCUT2D eigenvalue weighted by Gasteiger charge is -2.31. The molecule has 6 nitrogen and oxygen atoms in total. The minimum Gasteiger partial charge on any atom is -0.378 e. The van der Waals surface area contributed by atoms with Crippen LogP contribution in [-0.2, 0) is 4.74 Å². The predicted molar refractivity (Wildman–Crippen MR) is 102 cm³/mol. The summed E-state index contributed by atoms with van der Waals surface area (Å²) in [7, 11) is 0. The van der Waals surface area contributed by atoms with Crippen molar-refractivity contribution in [1.82, 2.24) is 15.2 Å². The number of ether oxygens (including phenoxy) is 1. The molecule has 140 valence electrons. The standard InChI is InChI=1S/C17H24N4O2.2ClH/c22-17(21-7-5-13-3-4-14(12-21)19-13)15-2-1-6-18-16(15)20-8-10-23-11-9-20;;/h1-2,6,13-14,19H,3-5,7-12H2;2*1H. The van der Waals surface area contributed by atoms with Crippen molar-refractivity contribution in [2.45, 2.75) is 31.3 Å². The zero-order chi connectivity index (χ0) is 15.6. The van der Waals surface area contributed by atoms with Gasteiger partial charge in [0.1, 0.15) is 5.82 Å². The maximum absolute atomic E-state index is 13.1. The maximum Gasteiger partial charge on any atom is 0.257 e. The molecule has 1 amide bonds. The number of nitrogens with one attached hydrogen (secondary N) is 1. The molecule has 0 aliphatic carbocycles. The summed E-state index contributed by atoms with van der Waals surface area (Å²) in [4.78, 5) is 21.8. The van der Waals surface area contributed by atoms with Gasteiger partial charge in [-0.05, 0) is 31.4 Å². The average molecular weight is 389 g/mol. The van der Waals surface area contributed by atoms with Crippen molar-refractivity contribution >= 4 is 36.5 Å². The number of anilines is 1. The van der Waals surface area contributed by atoms with Crippen LogP contribution in [0.3, 0.4) is 0 Å². The smallest absolute Gasteiger partial charge is 0.257 e. The van der Waals surface area contributed by atoms with E-state index in [9.17, 15) is 4.79 Å². The molecule has 1 aromatic rings. The Morgan fingerprint density at radius 2 is 1.88 bits per heavy atom. The third kappa shape index (κ3) is 4.37. The van der Waals surface area contributed by atoms with Crippen LogP contribution in [0.4, 0.5) is 5.82 Å². The molecule has 3 aliphatic rings. The Morgan fingerprint density at radius 1 is 1.12 bits per heavy atom. The van der Waals surface area contributed by atoms with E-state index in [2.05, 4.69) is 15.2 Å². The zero-order valence-electron chi connectivity index (χ0n) is 14.2. The van der Waals surface area contributed by atoms with Crippen LogP contribution >= 0.6 is 24.8 Å². The van der Waals surface area contributed by atoms with Gasteiger partial charge in [-0.15, -0.1) is 24.8 Å². The second-order valence-electron chi connectivity index (χ2n) is 6.65. The monoisotopic (exact) mass is 388 g/mol. The molecule has 3 saturated heterocycles.